The Balaban J connectivity index is 1.96. The van der Waals surface area contributed by atoms with Gasteiger partial charge in [0.15, 0.2) is 5.82 Å². The van der Waals surface area contributed by atoms with Crippen molar-refractivity contribution >= 4 is 17.5 Å². The van der Waals surface area contributed by atoms with E-state index in [9.17, 15) is 9.59 Å². The largest absolute Gasteiger partial charge is 0.330 e. The van der Waals surface area contributed by atoms with Crippen LogP contribution < -0.4 is 10.5 Å². The van der Waals surface area contributed by atoms with E-state index in [4.69, 9.17) is 0 Å². The summed E-state index contributed by atoms with van der Waals surface area (Å²) < 4.78 is 0. The zero-order chi connectivity index (χ0) is 14.4. The van der Waals surface area contributed by atoms with Crippen LogP contribution >= 0.6 is 0 Å². The molecule has 3 heterocycles. The second kappa shape index (κ2) is 4.44. The van der Waals surface area contributed by atoms with Crippen molar-refractivity contribution in [3.05, 3.63) is 52.6 Å². The van der Waals surface area contributed by atoms with Crippen LogP contribution in [0.25, 0.3) is 0 Å². The Morgan fingerprint density at radius 1 is 1.19 bits per heavy atom. The first-order valence-corrected chi connectivity index (χ1v) is 7.01. The van der Waals surface area contributed by atoms with Gasteiger partial charge in [-0.15, -0.1) is 0 Å². The molecule has 1 fully saturated rings. The molecule has 1 aromatic carbocycles. The summed E-state index contributed by atoms with van der Waals surface area (Å²) in [5, 5.41) is 0. The van der Waals surface area contributed by atoms with Gasteiger partial charge in [0.25, 0.3) is 5.56 Å². The Hall–Kier alpha value is -2.63. The lowest BCUT2D eigenvalue weighted by Gasteiger charge is -2.37. The highest BCUT2D eigenvalue weighted by Crippen LogP contribution is 2.42. The van der Waals surface area contributed by atoms with Gasteiger partial charge in [-0.2, -0.15) is 0 Å². The van der Waals surface area contributed by atoms with E-state index in [0.29, 0.717) is 17.9 Å². The monoisotopic (exact) mass is 282 g/mol. The third kappa shape index (κ3) is 1.68. The molecule has 2 aromatic rings. The van der Waals surface area contributed by atoms with E-state index in [1.165, 1.54) is 11.2 Å². The fraction of sp³-hybridized carbons (Fsp3) is 0.267. The molecule has 1 atom stereocenters. The van der Waals surface area contributed by atoms with Gasteiger partial charge in [0.1, 0.15) is 0 Å². The van der Waals surface area contributed by atoms with Crippen molar-refractivity contribution in [1.82, 2.24) is 14.9 Å². The maximum absolute atomic E-state index is 12.8. The maximum Gasteiger partial charge on any atom is 0.330 e. The normalized spacial score (nSPS) is 20.4. The Morgan fingerprint density at radius 3 is 2.81 bits per heavy atom. The van der Waals surface area contributed by atoms with Crippen molar-refractivity contribution in [3.8, 4) is 0 Å². The number of H-pyrrole nitrogens is 1. The summed E-state index contributed by atoms with van der Waals surface area (Å²) in [4.78, 5) is 35.2. The molecule has 6 heteroatoms. The van der Waals surface area contributed by atoms with E-state index in [1.807, 2.05) is 30.3 Å². The molecule has 1 saturated heterocycles. The first-order chi connectivity index (χ1) is 10.3. The maximum atomic E-state index is 12.8. The van der Waals surface area contributed by atoms with Crippen molar-refractivity contribution < 1.29 is 4.79 Å². The average molecular weight is 282 g/mol. The van der Waals surface area contributed by atoms with Crippen molar-refractivity contribution in [2.75, 3.05) is 11.4 Å². The number of amides is 2. The fourth-order valence-corrected chi connectivity index (χ4v) is 3.20. The van der Waals surface area contributed by atoms with E-state index in [2.05, 4.69) is 9.97 Å². The van der Waals surface area contributed by atoms with Gasteiger partial charge in [0.05, 0.1) is 23.6 Å². The van der Waals surface area contributed by atoms with Crippen LogP contribution in [0.1, 0.15) is 24.4 Å². The van der Waals surface area contributed by atoms with E-state index >= 15 is 0 Å². The van der Waals surface area contributed by atoms with Gasteiger partial charge in [-0.3, -0.25) is 4.79 Å². The van der Waals surface area contributed by atoms with Gasteiger partial charge < -0.3 is 9.88 Å². The number of benzene rings is 1. The van der Waals surface area contributed by atoms with Crippen LogP contribution in [0.4, 0.5) is 16.3 Å². The van der Waals surface area contributed by atoms with Crippen LogP contribution in [0, 0.1) is 0 Å². The van der Waals surface area contributed by atoms with Crippen LogP contribution in [-0.2, 0) is 0 Å². The molecule has 106 valence electrons. The number of anilines is 2. The number of hydrogen-bond acceptors (Lipinski definition) is 3. The highest BCUT2D eigenvalue weighted by molar-refractivity contribution is 6.01. The molecule has 2 aliphatic heterocycles. The van der Waals surface area contributed by atoms with Crippen molar-refractivity contribution in [3.63, 3.8) is 0 Å². The average Bonchev–Trinajstić information content (AvgIpc) is 2.98. The summed E-state index contributed by atoms with van der Waals surface area (Å²) in [6, 6.07) is 9.07. The van der Waals surface area contributed by atoms with E-state index < -0.39 is 0 Å². The lowest BCUT2D eigenvalue weighted by atomic mass is 10.0. The number of aromatic nitrogens is 2. The molecule has 1 aromatic heterocycles. The van der Waals surface area contributed by atoms with Crippen LogP contribution in [0.3, 0.4) is 0 Å². The molecule has 0 spiro atoms. The molecule has 0 bridgehead atoms. The lowest BCUT2D eigenvalue weighted by Crippen LogP contribution is -2.47. The molecular weight excluding hydrogens is 268 g/mol. The van der Waals surface area contributed by atoms with Crippen LogP contribution in [0.15, 0.2) is 41.5 Å². The second-order valence-electron chi connectivity index (χ2n) is 5.27. The number of carbonyl (C=O) groups excluding carboxylic acids is 1. The molecule has 0 aliphatic carbocycles. The summed E-state index contributed by atoms with van der Waals surface area (Å²) in [6.45, 7) is 0.681. The smallest absolute Gasteiger partial charge is 0.317 e. The van der Waals surface area contributed by atoms with E-state index in [0.717, 1.165) is 18.5 Å². The van der Waals surface area contributed by atoms with Gasteiger partial charge in [0.2, 0.25) is 0 Å². The first kappa shape index (κ1) is 12.1. The van der Waals surface area contributed by atoms with Gasteiger partial charge in [-0.1, -0.05) is 18.2 Å². The van der Waals surface area contributed by atoms with Crippen molar-refractivity contribution in [1.29, 1.82) is 0 Å². The van der Waals surface area contributed by atoms with Crippen molar-refractivity contribution in [2.24, 2.45) is 0 Å². The second-order valence-corrected chi connectivity index (χ2v) is 5.27. The Labute approximate surface area is 121 Å². The minimum absolute atomic E-state index is 0.102. The molecule has 21 heavy (non-hydrogen) atoms. The molecular formula is C15H14N4O2. The Kier molecular flexibility index (Phi) is 2.57. The summed E-state index contributed by atoms with van der Waals surface area (Å²) in [6.07, 6.45) is 3.08. The third-order valence-electron chi connectivity index (χ3n) is 4.12. The van der Waals surface area contributed by atoms with Gasteiger partial charge >= 0.3 is 6.03 Å². The quantitative estimate of drug-likeness (QED) is 0.871. The number of nitrogens with one attached hydrogen (secondary N) is 1. The van der Waals surface area contributed by atoms with Crippen LogP contribution in [-0.4, -0.2) is 27.4 Å². The summed E-state index contributed by atoms with van der Waals surface area (Å²) >= 11 is 0. The van der Waals surface area contributed by atoms with Gasteiger partial charge in [0, 0.05) is 6.54 Å². The summed E-state index contributed by atoms with van der Waals surface area (Å²) in [5.41, 5.74) is 1.16. The minimum atomic E-state index is -0.162. The summed E-state index contributed by atoms with van der Waals surface area (Å²) in [7, 11) is 0. The molecule has 6 nitrogen and oxygen atoms in total. The molecule has 0 saturated carbocycles. The predicted octanol–water partition coefficient (Wildman–Crippen LogP) is 2.18. The number of urea groups is 1. The van der Waals surface area contributed by atoms with Gasteiger partial charge in [-0.25, -0.2) is 14.7 Å². The fourth-order valence-electron chi connectivity index (χ4n) is 3.20. The predicted molar refractivity (Wildman–Crippen MR) is 77.5 cm³/mol. The Bertz CT molecular complexity index is 756. The number of aromatic amines is 1. The number of nitrogens with zero attached hydrogens (tertiary/aromatic N) is 3. The third-order valence-corrected chi connectivity index (χ3v) is 4.12. The topological polar surface area (TPSA) is 69.3 Å². The highest BCUT2D eigenvalue weighted by Gasteiger charge is 2.43. The number of rotatable bonds is 1. The lowest BCUT2D eigenvalue weighted by molar-refractivity contribution is 0.198. The number of fused-ring (bicyclic) bond motifs is 3. The molecule has 4 rings (SSSR count). The van der Waals surface area contributed by atoms with Crippen molar-refractivity contribution in [2.45, 2.75) is 18.9 Å². The zero-order valence-corrected chi connectivity index (χ0v) is 11.3. The van der Waals surface area contributed by atoms with Gasteiger partial charge in [-0.05, 0) is 25.0 Å². The van der Waals surface area contributed by atoms with Crippen LogP contribution in [0.5, 0.6) is 0 Å². The molecule has 1 N–H and O–H groups in total. The zero-order valence-electron chi connectivity index (χ0n) is 11.3. The van der Waals surface area contributed by atoms with E-state index in [-0.39, 0.29) is 17.6 Å². The highest BCUT2D eigenvalue weighted by atomic mass is 16.2. The molecule has 2 aliphatic rings. The Morgan fingerprint density at radius 2 is 2.00 bits per heavy atom. The molecule has 0 radical (unpaired) electrons. The van der Waals surface area contributed by atoms with Crippen LogP contribution in [0.2, 0.25) is 0 Å². The molecule has 1 unspecified atom stereocenters. The number of hydrogen-bond donors (Lipinski definition) is 1. The summed E-state index contributed by atoms with van der Waals surface area (Å²) in [5.74, 6) is 0.457. The minimum Gasteiger partial charge on any atom is -0.317 e. The molecule has 2 amide bonds. The van der Waals surface area contributed by atoms with E-state index in [1.54, 1.807) is 4.90 Å². The SMILES string of the molecule is O=C1N(c2ccccc2)c2nc[nH]c(=O)c2C2CCCN12. The standard InChI is InChI=1S/C15H14N4O2/c20-14-12-11-7-4-8-18(11)15(21)19(13(12)16-9-17-14)10-5-2-1-3-6-10/h1-3,5-6,9,11H,4,7-8H2,(H,16,17,20). The number of para-hydroxylation sites is 1. The first-order valence-electron chi connectivity index (χ1n) is 7.01. The number of carbonyl (C=O) groups is 1.